The number of amides is 3. The number of nitrogens with zero attached hydrogens (tertiary/aromatic N) is 5. The minimum atomic E-state index is -0.661. The molecule has 0 aromatic carbocycles. The van der Waals surface area contributed by atoms with Gasteiger partial charge < -0.3 is 15.5 Å². The topological polar surface area (TPSA) is 109 Å². The fraction of sp³-hybridized carbons (Fsp3) is 0.676. The van der Waals surface area contributed by atoms with Gasteiger partial charge in [0.05, 0.1) is 12.5 Å². The Labute approximate surface area is 260 Å². The molecule has 10 nitrogen and oxygen atoms in total. The Balaban J connectivity index is 1.19. The van der Waals surface area contributed by atoms with E-state index in [1.165, 1.54) is 25.7 Å². The Hall–Kier alpha value is -3.11. The van der Waals surface area contributed by atoms with Crippen LogP contribution in [0.4, 0.5) is 5.82 Å². The lowest BCUT2D eigenvalue weighted by Crippen LogP contribution is -2.70. The van der Waals surface area contributed by atoms with Crippen molar-refractivity contribution in [1.29, 1.82) is 0 Å². The second kappa shape index (κ2) is 10.5. The summed E-state index contributed by atoms with van der Waals surface area (Å²) in [6.07, 6.45) is 12.1. The summed E-state index contributed by atoms with van der Waals surface area (Å²) in [5.74, 6) is 1.61. The lowest BCUT2D eigenvalue weighted by atomic mass is 9.64. The van der Waals surface area contributed by atoms with Crippen LogP contribution in [0.15, 0.2) is 30.6 Å². The fourth-order valence-corrected chi connectivity index (χ4v) is 9.21. The van der Waals surface area contributed by atoms with E-state index in [1.807, 2.05) is 25.4 Å². The van der Waals surface area contributed by atoms with Crippen molar-refractivity contribution in [2.45, 2.75) is 88.8 Å². The van der Waals surface area contributed by atoms with Gasteiger partial charge in [-0.1, -0.05) is 32.6 Å². The third-order valence-corrected chi connectivity index (χ3v) is 12.6. The van der Waals surface area contributed by atoms with Crippen LogP contribution in [0.3, 0.4) is 0 Å². The van der Waals surface area contributed by atoms with Crippen LogP contribution < -0.4 is 15.1 Å². The molecular formula is C34H48N7O3+. The number of hydrogen-bond donors (Lipinski definition) is 2. The summed E-state index contributed by atoms with van der Waals surface area (Å²) in [5, 5.41) is 10.7. The second-order valence-electron chi connectivity index (χ2n) is 15.1. The van der Waals surface area contributed by atoms with Gasteiger partial charge in [0.15, 0.2) is 0 Å². The van der Waals surface area contributed by atoms with E-state index in [-0.39, 0.29) is 45.6 Å². The van der Waals surface area contributed by atoms with Crippen molar-refractivity contribution < 1.29 is 14.4 Å². The zero-order valence-electron chi connectivity index (χ0n) is 26.9. The number of nitrogens with one attached hydrogen (secondary N) is 2. The monoisotopic (exact) mass is 602 g/mol. The van der Waals surface area contributed by atoms with E-state index in [9.17, 15) is 14.4 Å². The zero-order chi connectivity index (χ0) is 31.0. The number of carbonyl (C=O) groups excluding carboxylic acids is 3. The molecule has 44 heavy (non-hydrogen) atoms. The molecule has 2 aromatic rings. The Morgan fingerprint density at radius 3 is 2.41 bits per heavy atom. The van der Waals surface area contributed by atoms with Gasteiger partial charge in [0.2, 0.25) is 11.7 Å². The van der Waals surface area contributed by atoms with Crippen molar-refractivity contribution in [2.24, 2.45) is 30.2 Å². The summed E-state index contributed by atoms with van der Waals surface area (Å²) in [5.41, 5.74) is 0.630. The van der Waals surface area contributed by atoms with Crippen LogP contribution in [0.2, 0.25) is 0 Å². The van der Waals surface area contributed by atoms with Crippen LogP contribution in [-0.4, -0.2) is 82.7 Å². The van der Waals surface area contributed by atoms with Crippen molar-refractivity contribution in [1.82, 2.24) is 34.8 Å². The standard InChI is InChI=1S/C34H47N7O3/c1-21(22-8-6-9-22)37-32(44)34(15-17-39(3)20-34)24-12-13-27(35-19-24)41(5)26-18-33(26,2)28(23-10-7-11-23)29(31(41)43)38-30(42)25-14-16-36-40(25)4/h12-14,16,19,21-23,26,28-29H,6-11,15,17-18,20H2,1-5H3,(H-,37,38,42,44)/p+1/t21?,26?,28?,29-,33?,34?,41?/m0/s1. The first kappa shape index (κ1) is 29.6. The van der Waals surface area contributed by atoms with Gasteiger partial charge in [-0.3, -0.25) is 14.3 Å². The summed E-state index contributed by atoms with van der Waals surface area (Å²) in [6.45, 7) is 5.93. The molecule has 3 amide bonds. The van der Waals surface area contributed by atoms with E-state index in [2.05, 4.69) is 41.5 Å². The third kappa shape index (κ3) is 4.38. The molecule has 2 aromatic heterocycles. The molecule has 3 saturated carbocycles. The normalized spacial score (nSPS) is 36.2. The SMILES string of the molecule is CC(NC(=O)C1(c2ccc([N+]3(C)C(=O)[C@@H](NC(=O)c4ccnn4C)C(C4CCC4)C4(C)CC43)nc2)CCN(C)C1)C1CCC1. The highest BCUT2D eigenvalue weighted by molar-refractivity contribution is 6.00. The van der Waals surface area contributed by atoms with E-state index in [1.54, 1.807) is 24.0 Å². The molecule has 6 unspecified atom stereocenters. The predicted octanol–water partition coefficient (Wildman–Crippen LogP) is 3.16. The largest absolute Gasteiger partial charge is 0.353 e. The van der Waals surface area contributed by atoms with Crippen molar-refractivity contribution >= 4 is 23.5 Å². The Bertz CT molecular complexity index is 1470. The number of pyridine rings is 1. The number of aryl methyl sites for hydroxylation is 1. The van der Waals surface area contributed by atoms with Crippen molar-refractivity contribution in [2.75, 3.05) is 27.2 Å². The van der Waals surface area contributed by atoms with Gasteiger partial charge in [-0.25, -0.2) is 14.3 Å². The minimum absolute atomic E-state index is 0.0000210. The lowest BCUT2D eigenvalue weighted by molar-refractivity contribution is -0.140. The minimum Gasteiger partial charge on any atom is -0.353 e. The van der Waals surface area contributed by atoms with Gasteiger partial charge in [0, 0.05) is 55.8 Å². The molecular weight excluding hydrogens is 554 g/mol. The molecule has 3 aliphatic carbocycles. The number of likely N-dealkylation sites (N-methyl/N-ethyl adjacent to an activating group) is 2. The summed E-state index contributed by atoms with van der Waals surface area (Å²) in [4.78, 5) is 49.2. The molecule has 5 fully saturated rings. The quantitative estimate of drug-likeness (QED) is 0.450. The average molecular weight is 603 g/mol. The third-order valence-electron chi connectivity index (χ3n) is 12.6. The molecule has 0 spiro atoms. The first-order valence-corrected chi connectivity index (χ1v) is 16.6. The average Bonchev–Trinajstić information content (AvgIpc) is 3.24. The van der Waals surface area contributed by atoms with Crippen LogP contribution in [0.25, 0.3) is 0 Å². The molecule has 10 heteroatoms. The van der Waals surface area contributed by atoms with Crippen LogP contribution >= 0.6 is 0 Å². The van der Waals surface area contributed by atoms with Crippen molar-refractivity contribution in [3.8, 4) is 0 Å². The number of fused-ring (bicyclic) bond motifs is 1. The molecule has 7 rings (SSSR count). The lowest BCUT2D eigenvalue weighted by Gasteiger charge is -2.48. The van der Waals surface area contributed by atoms with Gasteiger partial charge >= 0.3 is 5.91 Å². The number of carbonyl (C=O) groups is 3. The number of aromatic nitrogens is 3. The van der Waals surface area contributed by atoms with E-state index in [4.69, 9.17) is 4.98 Å². The fourth-order valence-electron chi connectivity index (χ4n) is 9.21. The molecule has 4 heterocycles. The van der Waals surface area contributed by atoms with Gasteiger partial charge in [-0.2, -0.15) is 5.10 Å². The van der Waals surface area contributed by atoms with Gasteiger partial charge in [0.25, 0.3) is 5.91 Å². The van der Waals surface area contributed by atoms with Crippen LogP contribution in [0.1, 0.15) is 81.3 Å². The van der Waals surface area contributed by atoms with Gasteiger partial charge in [0.1, 0.15) is 17.8 Å². The Kier molecular flexibility index (Phi) is 7.05. The highest BCUT2D eigenvalue weighted by atomic mass is 16.2. The number of likely N-dealkylation sites (tertiary alicyclic amines) is 2. The zero-order valence-corrected chi connectivity index (χ0v) is 26.9. The molecule has 2 saturated heterocycles. The van der Waals surface area contributed by atoms with E-state index < -0.39 is 11.5 Å². The number of quaternary nitrogens is 1. The van der Waals surface area contributed by atoms with Crippen LogP contribution in [0, 0.1) is 23.2 Å². The molecule has 0 bridgehead atoms. The summed E-state index contributed by atoms with van der Waals surface area (Å²) >= 11 is 0. The van der Waals surface area contributed by atoms with Gasteiger partial charge in [-0.15, -0.1) is 0 Å². The summed E-state index contributed by atoms with van der Waals surface area (Å²) in [6, 6.07) is 5.37. The predicted molar refractivity (Wildman–Crippen MR) is 168 cm³/mol. The molecule has 2 aliphatic heterocycles. The summed E-state index contributed by atoms with van der Waals surface area (Å²) in [7, 11) is 5.79. The number of hydrogen-bond acceptors (Lipinski definition) is 6. The van der Waals surface area contributed by atoms with E-state index in [0.717, 1.165) is 37.8 Å². The summed E-state index contributed by atoms with van der Waals surface area (Å²) < 4.78 is 1.62. The van der Waals surface area contributed by atoms with E-state index in [0.29, 0.717) is 29.9 Å². The highest BCUT2D eigenvalue weighted by Crippen LogP contribution is 2.65. The maximum absolute atomic E-state index is 14.7. The van der Waals surface area contributed by atoms with Gasteiger partial charge in [-0.05, 0) is 69.3 Å². The molecule has 5 aliphatic rings. The molecule has 7 atom stereocenters. The number of rotatable bonds is 8. The Morgan fingerprint density at radius 1 is 1.11 bits per heavy atom. The number of piperidine rings is 1. The Morgan fingerprint density at radius 2 is 1.86 bits per heavy atom. The smallest absolute Gasteiger partial charge is 0.342 e. The van der Waals surface area contributed by atoms with Crippen LogP contribution in [-0.2, 0) is 22.1 Å². The maximum Gasteiger partial charge on any atom is 0.342 e. The molecule has 0 radical (unpaired) electrons. The molecule has 2 N–H and O–H groups in total. The maximum atomic E-state index is 14.7. The second-order valence-corrected chi connectivity index (χ2v) is 15.1. The van der Waals surface area contributed by atoms with Crippen LogP contribution in [0.5, 0.6) is 0 Å². The first-order valence-electron chi connectivity index (χ1n) is 16.6. The van der Waals surface area contributed by atoms with Crippen molar-refractivity contribution in [3.05, 3.63) is 41.9 Å². The van der Waals surface area contributed by atoms with Crippen molar-refractivity contribution in [3.63, 3.8) is 0 Å². The van der Waals surface area contributed by atoms with E-state index >= 15 is 0 Å². The molecule has 236 valence electrons. The first-order chi connectivity index (χ1) is 21.0. The highest BCUT2D eigenvalue weighted by Gasteiger charge is 2.76.